The molecule has 0 aromatic rings. The van der Waals surface area contributed by atoms with Gasteiger partial charge in [-0.25, -0.2) is 0 Å². The van der Waals surface area contributed by atoms with Crippen molar-refractivity contribution in [3.05, 3.63) is 0 Å². The van der Waals surface area contributed by atoms with Gasteiger partial charge in [0, 0.05) is 13.7 Å². The summed E-state index contributed by atoms with van der Waals surface area (Å²) in [5.41, 5.74) is 0. The summed E-state index contributed by atoms with van der Waals surface area (Å²) in [6.45, 7) is 16.8. The average molecular weight is 247 g/mol. The summed E-state index contributed by atoms with van der Waals surface area (Å²) >= 11 is 0. The molecule has 0 saturated carbocycles. The van der Waals surface area contributed by atoms with Crippen LogP contribution in [0.1, 0.15) is 67.2 Å². The summed E-state index contributed by atoms with van der Waals surface area (Å²) in [6.07, 6.45) is 5.43. The Bertz CT molecular complexity index is 90.9. The molecule has 0 unspecified atom stereocenters. The van der Waals surface area contributed by atoms with E-state index in [0.29, 0.717) is 0 Å². The van der Waals surface area contributed by atoms with Gasteiger partial charge in [-0.3, -0.25) is 0 Å². The van der Waals surface area contributed by atoms with Crippen LogP contribution in [-0.2, 0) is 4.74 Å². The molecule has 0 amide bonds. The maximum absolute atomic E-state index is 5.00. The van der Waals surface area contributed by atoms with Crippen molar-refractivity contribution in [3.63, 3.8) is 0 Å². The second-order valence-corrected chi connectivity index (χ2v) is 3.60. The van der Waals surface area contributed by atoms with Gasteiger partial charge in [-0.1, -0.05) is 54.4 Å². The Hall–Kier alpha value is -0.0800. The lowest BCUT2D eigenvalue weighted by molar-refractivity contribution is 0.135. The van der Waals surface area contributed by atoms with Crippen molar-refractivity contribution in [2.24, 2.45) is 0 Å². The van der Waals surface area contributed by atoms with E-state index < -0.39 is 0 Å². The zero-order chi connectivity index (χ0) is 13.9. The number of hydrogen-bond donors (Lipinski definition) is 0. The van der Waals surface area contributed by atoms with Gasteiger partial charge in [0.15, 0.2) is 0 Å². The minimum atomic E-state index is 0.889. The van der Waals surface area contributed by atoms with Crippen molar-refractivity contribution >= 4 is 0 Å². The quantitative estimate of drug-likeness (QED) is 0.723. The van der Waals surface area contributed by atoms with Gasteiger partial charge in [0.2, 0.25) is 0 Å². The van der Waals surface area contributed by atoms with Crippen molar-refractivity contribution in [1.29, 1.82) is 0 Å². The predicted molar refractivity (Wildman–Crippen MR) is 80.8 cm³/mol. The minimum Gasteiger partial charge on any atom is -0.383 e. The first-order chi connectivity index (χ1) is 8.35. The Morgan fingerprint density at radius 2 is 1.29 bits per heavy atom. The van der Waals surface area contributed by atoms with E-state index in [1.807, 2.05) is 27.7 Å². The number of rotatable bonds is 3. The normalized spacial score (nSPS) is 14.3. The van der Waals surface area contributed by atoms with Gasteiger partial charge in [-0.2, -0.15) is 0 Å². The maximum Gasteiger partial charge on any atom is 0.0589 e. The van der Waals surface area contributed by atoms with Crippen LogP contribution < -0.4 is 0 Å². The molecule has 0 bridgehead atoms. The highest BCUT2D eigenvalue weighted by Crippen LogP contribution is 2.07. The molecular weight excluding hydrogens is 210 g/mol. The molecule has 1 rings (SSSR count). The first kappa shape index (κ1) is 22.1. The van der Waals surface area contributed by atoms with E-state index in [4.69, 9.17) is 4.74 Å². The number of likely N-dealkylation sites (tertiary alicyclic amines) is 1. The lowest BCUT2D eigenvalue weighted by atomic mass is 10.1. The first-order valence-corrected chi connectivity index (χ1v) is 7.56. The molecule has 2 nitrogen and oxygen atoms in total. The smallest absolute Gasteiger partial charge is 0.0589 e. The standard InChI is InChI=1S/C8H17NO.C3H8.2C2H6/c1-10-8-7-9-5-3-2-4-6-9;1-3-2;2*1-2/h2-8H2,1H3;3H2,1-2H3;2*1-2H3. The predicted octanol–water partition coefficient (Wildman–Crippen LogP) is 4.59. The van der Waals surface area contributed by atoms with Gasteiger partial charge in [-0.05, 0) is 25.9 Å². The number of nitrogens with zero attached hydrogens (tertiary/aromatic N) is 1. The van der Waals surface area contributed by atoms with E-state index in [9.17, 15) is 0 Å². The van der Waals surface area contributed by atoms with Crippen molar-refractivity contribution < 1.29 is 4.74 Å². The van der Waals surface area contributed by atoms with Gasteiger partial charge >= 0.3 is 0 Å². The molecule has 0 N–H and O–H groups in total. The van der Waals surface area contributed by atoms with Crippen LogP contribution >= 0.6 is 0 Å². The summed E-state index contributed by atoms with van der Waals surface area (Å²) in [6, 6.07) is 0. The Kier molecular flexibility index (Phi) is 32.5. The molecule has 0 aromatic carbocycles. The highest BCUT2D eigenvalue weighted by Gasteiger charge is 2.08. The SMILES string of the molecule is CC.CC.CCC.COCCN1CCCCC1. The van der Waals surface area contributed by atoms with Crippen LogP contribution in [0.3, 0.4) is 0 Å². The fourth-order valence-electron chi connectivity index (χ4n) is 1.40. The largest absolute Gasteiger partial charge is 0.383 e. The van der Waals surface area contributed by atoms with Crippen LogP contribution in [0.25, 0.3) is 0 Å². The summed E-state index contributed by atoms with van der Waals surface area (Å²) < 4.78 is 5.00. The van der Waals surface area contributed by atoms with Crippen molar-refractivity contribution in [1.82, 2.24) is 4.90 Å². The monoisotopic (exact) mass is 247 g/mol. The number of hydrogen-bond acceptors (Lipinski definition) is 2. The lowest BCUT2D eigenvalue weighted by Crippen LogP contribution is -2.32. The molecule has 0 atom stereocenters. The molecule has 1 aliphatic rings. The molecule has 108 valence electrons. The zero-order valence-corrected chi connectivity index (χ0v) is 13.5. The Balaban J connectivity index is -0.000000239. The molecule has 1 heterocycles. The summed E-state index contributed by atoms with van der Waals surface area (Å²) in [5.74, 6) is 0. The minimum absolute atomic E-state index is 0.889. The second-order valence-electron chi connectivity index (χ2n) is 3.60. The van der Waals surface area contributed by atoms with Gasteiger partial charge in [0.1, 0.15) is 0 Å². The Labute approximate surface area is 111 Å². The fraction of sp³-hybridized carbons (Fsp3) is 1.00. The fourth-order valence-corrected chi connectivity index (χ4v) is 1.40. The van der Waals surface area contributed by atoms with Crippen LogP contribution in [0.2, 0.25) is 0 Å². The molecule has 1 aliphatic heterocycles. The van der Waals surface area contributed by atoms with Crippen LogP contribution in [0.4, 0.5) is 0 Å². The van der Waals surface area contributed by atoms with Gasteiger partial charge in [-0.15, -0.1) is 0 Å². The zero-order valence-electron chi connectivity index (χ0n) is 13.5. The van der Waals surface area contributed by atoms with Crippen LogP contribution in [-0.4, -0.2) is 38.3 Å². The van der Waals surface area contributed by atoms with Crippen LogP contribution in [0, 0.1) is 0 Å². The molecule has 2 heteroatoms. The second kappa shape index (κ2) is 24.9. The molecule has 0 aromatic heterocycles. The van der Waals surface area contributed by atoms with E-state index in [0.717, 1.165) is 13.2 Å². The van der Waals surface area contributed by atoms with E-state index >= 15 is 0 Å². The number of methoxy groups -OCH3 is 1. The number of ether oxygens (including phenoxy) is 1. The van der Waals surface area contributed by atoms with E-state index in [2.05, 4.69) is 18.7 Å². The summed E-state index contributed by atoms with van der Waals surface area (Å²) in [4.78, 5) is 2.48. The molecule has 0 spiro atoms. The van der Waals surface area contributed by atoms with Gasteiger partial charge in [0.25, 0.3) is 0 Å². The van der Waals surface area contributed by atoms with Crippen LogP contribution in [0.5, 0.6) is 0 Å². The third kappa shape index (κ3) is 21.7. The lowest BCUT2D eigenvalue weighted by Gasteiger charge is -2.25. The molecule has 1 fully saturated rings. The molecule has 17 heavy (non-hydrogen) atoms. The topological polar surface area (TPSA) is 12.5 Å². The third-order valence-electron chi connectivity index (χ3n) is 2.06. The summed E-state index contributed by atoms with van der Waals surface area (Å²) in [5, 5.41) is 0. The Morgan fingerprint density at radius 1 is 0.882 bits per heavy atom. The maximum atomic E-state index is 5.00. The van der Waals surface area contributed by atoms with E-state index in [-0.39, 0.29) is 0 Å². The van der Waals surface area contributed by atoms with Crippen LogP contribution in [0.15, 0.2) is 0 Å². The molecular formula is C15H37NO. The Morgan fingerprint density at radius 3 is 1.65 bits per heavy atom. The first-order valence-electron chi connectivity index (χ1n) is 7.56. The van der Waals surface area contributed by atoms with Gasteiger partial charge < -0.3 is 9.64 Å². The van der Waals surface area contributed by atoms with E-state index in [1.54, 1.807) is 7.11 Å². The molecule has 0 aliphatic carbocycles. The van der Waals surface area contributed by atoms with Crippen molar-refractivity contribution in [2.45, 2.75) is 67.2 Å². The molecule has 1 saturated heterocycles. The highest BCUT2D eigenvalue weighted by molar-refractivity contribution is 4.63. The molecule has 0 radical (unpaired) electrons. The van der Waals surface area contributed by atoms with E-state index in [1.165, 1.54) is 38.8 Å². The highest BCUT2D eigenvalue weighted by atomic mass is 16.5. The summed E-state index contributed by atoms with van der Waals surface area (Å²) in [7, 11) is 1.77. The third-order valence-corrected chi connectivity index (χ3v) is 2.06. The average Bonchev–Trinajstić information content (AvgIpc) is 2.43. The number of piperidine rings is 1. The van der Waals surface area contributed by atoms with Gasteiger partial charge in [0.05, 0.1) is 6.61 Å². The van der Waals surface area contributed by atoms with Crippen molar-refractivity contribution in [2.75, 3.05) is 33.4 Å². The van der Waals surface area contributed by atoms with Crippen molar-refractivity contribution in [3.8, 4) is 0 Å².